The molecule has 3 aromatic rings. The van der Waals surface area contributed by atoms with Gasteiger partial charge in [0.05, 0.1) is 12.2 Å². The number of fused-ring (bicyclic) bond motifs is 1. The number of likely N-dealkylation sites (N-methyl/N-ethyl adjacent to an activating group) is 1. The lowest BCUT2D eigenvalue weighted by Crippen LogP contribution is -2.23. The predicted molar refractivity (Wildman–Crippen MR) is 92.8 cm³/mol. The normalized spacial score (nSPS) is 14.6. The van der Waals surface area contributed by atoms with Crippen molar-refractivity contribution in [1.29, 1.82) is 0 Å². The third-order valence-electron chi connectivity index (χ3n) is 4.15. The number of H-pyrrole nitrogens is 1. The molecule has 22 heavy (non-hydrogen) atoms. The maximum atomic E-state index is 6.13. The number of aromatic nitrogens is 1. The van der Waals surface area contributed by atoms with Crippen LogP contribution < -0.4 is 0 Å². The number of nitrogens with zero attached hydrogens (tertiary/aromatic N) is 2. The first-order chi connectivity index (χ1) is 10.7. The molecule has 4 heteroatoms. The highest BCUT2D eigenvalue weighted by atomic mass is 35.5. The minimum absolute atomic E-state index is 0.756. The first-order valence-corrected chi connectivity index (χ1v) is 7.73. The second-order valence-corrected chi connectivity index (χ2v) is 6.04. The van der Waals surface area contributed by atoms with Crippen molar-refractivity contribution >= 4 is 28.2 Å². The number of amidine groups is 1. The molecule has 1 aliphatic rings. The van der Waals surface area contributed by atoms with Gasteiger partial charge >= 0.3 is 0 Å². The molecule has 0 amide bonds. The zero-order valence-corrected chi connectivity index (χ0v) is 13.1. The van der Waals surface area contributed by atoms with E-state index >= 15 is 0 Å². The second kappa shape index (κ2) is 5.18. The van der Waals surface area contributed by atoms with E-state index in [1.165, 1.54) is 5.39 Å². The van der Waals surface area contributed by atoms with Gasteiger partial charge in [0, 0.05) is 35.8 Å². The fourth-order valence-electron chi connectivity index (χ4n) is 2.97. The number of aliphatic imine (C=N–C) groups is 1. The number of hydrogen-bond acceptors (Lipinski definition) is 2. The Kier molecular flexibility index (Phi) is 3.16. The average Bonchev–Trinajstić information content (AvgIpc) is 3.13. The number of aromatic amines is 1. The van der Waals surface area contributed by atoms with Crippen LogP contribution in [-0.2, 0) is 0 Å². The quantitative estimate of drug-likeness (QED) is 0.756. The van der Waals surface area contributed by atoms with Crippen LogP contribution in [0.1, 0.15) is 5.56 Å². The number of nitrogens with one attached hydrogen (secondary N) is 1. The third kappa shape index (κ3) is 2.18. The van der Waals surface area contributed by atoms with Crippen LogP contribution in [0.5, 0.6) is 0 Å². The van der Waals surface area contributed by atoms with E-state index in [9.17, 15) is 0 Å². The summed E-state index contributed by atoms with van der Waals surface area (Å²) in [6.07, 6.45) is 2.02. The van der Waals surface area contributed by atoms with Gasteiger partial charge in [-0.1, -0.05) is 41.9 Å². The number of rotatable bonds is 2. The van der Waals surface area contributed by atoms with Crippen molar-refractivity contribution < 1.29 is 0 Å². The van der Waals surface area contributed by atoms with Crippen LogP contribution >= 0.6 is 11.6 Å². The second-order valence-electron chi connectivity index (χ2n) is 5.60. The molecule has 4 rings (SSSR count). The summed E-state index contributed by atoms with van der Waals surface area (Å²) in [5.41, 5.74) is 3.42. The van der Waals surface area contributed by atoms with Crippen LogP contribution in [0.4, 0.5) is 0 Å². The SMILES string of the molecule is CN1CCN=C1c1ccc(-c2[nH]cc3ccc(Cl)cc23)cc1. The molecule has 2 aromatic carbocycles. The summed E-state index contributed by atoms with van der Waals surface area (Å²) in [6, 6.07) is 14.5. The van der Waals surface area contributed by atoms with Gasteiger partial charge in [-0.2, -0.15) is 0 Å². The van der Waals surface area contributed by atoms with Gasteiger partial charge in [-0.15, -0.1) is 0 Å². The summed E-state index contributed by atoms with van der Waals surface area (Å²) in [5.74, 6) is 1.07. The Labute approximate surface area is 134 Å². The summed E-state index contributed by atoms with van der Waals surface area (Å²) in [4.78, 5) is 10.1. The van der Waals surface area contributed by atoms with Crippen LogP contribution in [0.15, 0.2) is 53.7 Å². The van der Waals surface area contributed by atoms with Crippen molar-refractivity contribution in [1.82, 2.24) is 9.88 Å². The highest BCUT2D eigenvalue weighted by molar-refractivity contribution is 6.31. The first kappa shape index (κ1) is 13.4. The van der Waals surface area contributed by atoms with Gasteiger partial charge in [0.2, 0.25) is 0 Å². The molecule has 0 aliphatic carbocycles. The maximum absolute atomic E-state index is 6.13. The van der Waals surface area contributed by atoms with Crippen LogP contribution in [0.2, 0.25) is 5.02 Å². The molecule has 0 unspecified atom stereocenters. The van der Waals surface area contributed by atoms with E-state index in [0.717, 1.165) is 46.2 Å². The molecule has 110 valence electrons. The lowest BCUT2D eigenvalue weighted by atomic mass is 10.0. The van der Waals surface area contributed by atoms with E-state index in [-0.39, 0.29) is 0 Å². The lowest BCUT2D eigenvalue weighted by Gasteiger charge is -2.13. The van der Waals surface area contributed by atoms with E-state index in [2.05, 4.69) is 46.2 Å². The van der Waals surface area contributed by atoms with E-state index in [0.29, 0.717) is 0 Å². The monoisotopic (exact) mass is 309 g/mol. The van der Waals surface area contributed by atoms with Crippen LogP contribution in [0.3, 0.4) is 0 Å². The molecule has 1 aromatic heterocycles. The summed E-state index contributed by atoms with van der Waals surface area (Å²) in [6.45, 7) is 1.88. The van der Waals surface area contributed by atoms with Crippen LogP contribution in [0, 0.1) is 0 Å². The summed E-state index contributed by atoms with van der Waals surface area (Å²) in [7, 11) is 2.08. The third-order valence-corrected chi connectivity index (χ3v) is 4.38. The smallest absolute Gasteiger partial charge is 0.130 e. The molecule has 2 heterocycles. The molecule has 0 fully saturated rings. The van der Waals surface area contributed by atoms with Gasteiger partial charge < -0.3 is 9.88 Å². The van der Waals surface area contributed by atoms with Crippen molar-refractivity contribution in [3.63, 3.8) is 0 Å². The minimum Gasteiger partial charge on any atom is -0.360 e. The minimum atomic E-state index is 0.756. The highest BCUT2D eigenvalue weighted by Crippen LogP contribution is 2.30. The van der Waals surface area contributed by atoms with E-state index in [1.54, 1.807) is 0 Å². The van der Waals surface area contributed by atoms with Gasteiger partial charge in [-0.05, 0) is 23.1 Å². The number of hydrogen-bond donors (Lipinski definition) is 1. The zero-order chi connectivity index (χ0) is 15.1. The topological polar surface area (TPSA) is 31.4 Å². The molecule has 0 spiro atoms. The Hall–Kier alpha value is -2.26. The average molecular weight is 310 g/mol. The summed E-state index contributed by atoms with van der Waals surface area (Å²) < 4.78 is 0. The van der Waals surface area contributed by atoms with Gasteiger partial charge in [-0.25, -0.2) is 0 Å². The molecule has 0 saturated heterocycles. The Bertz CT molecular complexity index is 862. The molecule has 0 bridgehead atoms. The van der Waals surface area contributed by atoms with Crippen LogP contribution in [0.25, 0.3) is 22.0 Å². The lowest BCUT2D eigenvalue weighted by molar-refractivity contribution is 0.557. The van der Waals surface area contributed by atoms with Crippen molar-refractivity contribution in [2.75, 3.05) is 20.1 Å². The fraction of sp³-hybridized carbons (Fsp3) is 0.167. The van der Waals surface area contributed by atoms with Crippen LogP contribution in [-0.4, -0.2) is 35.9 Å². The predicted octanol–water partition coefficient (Wildman–Crippen LogP) is 4.18. The van der Waals surface area contributed by atoms with E-state index < -0.39 is 0 Å². The summed E-state index contributed by atoms with van der Waals surface area (Å²) >= 11 is 6.13. The van der Waals surface area contributed by atoms with Gasteiger partial charge in [0.15, 0.2) is 0 Å². The molecule has 1 N–H and O–H groups in total. The number of benzene rings is 2. The Balaban J connectivity index is 1.75. The Morgan fingerprint density at radius 3 is 2.59 bits per heavy atom. The summed E-state index contributed by atoms with van der Waals surface area (Å²) in [5, 5.41) is 3.07. The van der Waals surface area contributed by atoms with Gasteiger partial charge in [0.1, 0.15) is 5.84 Å². The van der Waals surface area contributed by atoms with Crippen molar-refractivity contribution in [2.45, 2.75) is 0 Å². The maximum Gasteiger partial charge on any atom is 0.130 e. The highest BCUT2D eigenvalue weighted by Gasteiger charge is 2.14. The molecular weight excluding hydrogens is 294 g/mol. The first-order valence-electron chi connectivity index (χ1n) is 7.35. The molecule has 3 nitrogen and oxygen atoms in total. The number of halogens is 1. The zero-order valence-electron chi connectivity index (χ0n) is 12.3. The molecule has 1 aliphatic heterocycles. The fourth-order valence-corrected chi connectivity index (χ4v) is 3.14. The molecule has 0 saturated carbocycles. The molecule has 0 atom stereocenters. The largest absolute Gasteiger partial charge is 0.360 e. The molecular formula is C18H16ClN3. The molecule has 0 radical (unpaired) electrons. The van der Waals surface area contributed by atoms with Crippen molar-refractivity contribution in [2.24, 2.45) is 4.99 Å². The standard InChI is InChI=1S/C18H16ClN3/c1-22-9-8-20-18(22)13-4-2-12(3-5-13)17-16-10-15(19)7-6-14(16)11-21-17/h2-7,10-11,21H,8-9H2,1H3. The Morgan fingerprint density at radius 2 is 1.86 bits per heavy atom. The Morgan fingerprint density at radius 1 is 1.09 bits per heavy atom. The van der Waals surface area contributed by atoms with E-state index in [1.807, 2.05) is 24.4 Å². The van der Waals surface area contributed by atoms with E-state index in [4.69, 9.17) is 11.6 Å². The van der Waals surface area contributed by atoms with Crippen molar-refractivity contribution in [3.8, 4) is 11.3 Å². The van der Waals surface area contributed by atoms with Crippen molar-refractivity contribution in [3.05, 3.63) is 59.2 Å². The van der Waals surface area contributed by atoms with Gasteiger partial charge in [-0.3, -0.25) is 4.99 Å². The van der Waals surface area contributed by atoms with Gasteiger partial charge in [0.25, 0.3) is 0 Å².